The lowest BCUT2D eigenvalue weighted by Gasteiger charge is -2.05. The highest BCUT2D eigenvalue weighted by atomic mass is 35.5. The van der Waals surface area contributed by atoms with Gasteiger partial charge < -0.3 is 5.73 Å². The summed E-state index contributed by atoms with van der Waals surface area (Å²) in [5, 5.41) is 0.705. The molecule has 0 radical (unpaired) electrons. The normalized spacial score (nSPS) is 10.5. The topological polar surface area (TPSA) is 51.8 Å². The Morgan fingerprint density at radius 2 is 2.12 bits per heavy atom. The molecule has 0 saturated heterocycles. The molecule has 2 rings (SSSR count). The molecule has 4 heteroatoms. The maximum Gasteiger partial charge on any atom is 0.0515 e. The maximum atomic E-state index is 6.14. The van der Waals surface area contributed by atoms with Gasteiger partial charge >= 0.3 is 0 Å². The first-order chi connectivity index (χ1) is 8.31. The predicted octanol–water partition coefficient (Wildman–Crippen LogP) is 2.69. The van der Waals surface area contributed by atoms with Gasteiger partial charge in [0.05, 0.1) is 5.02 Å². The van der Waals surface area contributed by atoms with Gasteiger partial charge in [-0.1, -0.05) is 11.6 Å². The molecule has 0 atom stereocenters. The number of pyridine rings is 2. The van der Waals surface area contributed by atoms with Crippen molar-refractivity contribution in [3.05, 3.63) is 47.5 Å². The minimum Gasteiger partial charge on any atom is -0.330 e. The summed E-state index contributed by atoms with van der Waals surface area (Å²) < 4.78 is 0. The third kappa shape index (κ3) is 3.02. The van der Waals surface area contributed by atoms with Crippen LogP contribution in [0, 0.1) is 0 Å². The van der Waals surface area contributed by atoms with E-state index in [4.69, 9.17) is 17.3 Å². The molecule has 2 aromatic rings. The second-order valence-electron chi connectivity index (χ2n) is 3.78. The van der Waals surface area contributed by atoms with Gasteiger partial charge in [-0.25, -0.2) is 0 Å². The van der Waals surface area contributed by atoms with Gasteiger partial charge in [-0.05, 0) is 43.1 Å². The van der Waals surface area contributed by atoms with Crippen molar-refractivity contribution in [1.82, 2.24) is 9.97 Å². The Bertz CT molecular complexity index is 500. The molecule has 0 fully saturated rings. The fraction of sp³-hybridized carbons (Fsp3) is 0.231. The van der Waals surface area contributed by atoms with E-state index < -0.39 is 0 Å². The minimum absolute atomic E-state index is 0.680. The molecule has 0 aliphatic heterocycles. The molecule has 0 unspecified atom stereocenters. The zero-order valence-corrected chi connectivity index (χ0v) is 10.2. The quantitative estimate of drug-likeness (QED) is 0.904. The SMILES string of the molecule is NCCCc1cc(-c2cnccc2Cl)ccn1. The van der Waals surface area contributed by atoms with Gasteiger partial charge in [0.15, 0.2) is 0 Å². The average Bonchev–Trinajstić information content (AvgIpc) is 2.37. The van der Waals surface area contributed by atoms with E-state index in [2.05, 4.69) is 9.97 Å². The molecule has 0 aliphatic rings. The van der Waals surface area contributed by atoms with Crippen LogP contribution in [0.1, 0.15) is 12.1 Å². The van der Waals surface area contributed by atoms with Crippen LogP contribution >= 0.6 is 11.6 Å². The van der Waals surface area contributed by atoms with Crippen molar-refractivity contribution in [2.24, 2.45) is 5.73 Å². The van der Waals surface area contributed by atoms with E-state index in [1.165, 1.54) is 0 Å². The summed E-state index contributed by atoms with van der Waals surface area (Å²) in [5.74, 6) is 0. The van der Waals surface area contributed by atoms with E-state index in [1.807, 2.05) is 12.1 Å². The Kier molecular flexibility index (Phi) is 4.07. The zero-order valence-electron chi connectivity index (χ0n) is 9.44. The molecule has 2 N–H and O–H groups in total. The smallest absolute Gasteiger partial charge is 0.0515 e. The number of aromatic nitrogens is 2. The van der Waals surface area contributed by atoms with Crippen LogP contribution in [0.4, 0.5) is 0 Å². The largest absolute Gasteiger partial charge is 0.330 e. The summed E-state index contributed by atoms with van der Waals surface area (Å²) in [6.45, 7) is 0.680. The first-order valence-corrected chi connectivity index (χ1v) is 5.94. The number of nitrogens with zero attached hydrogens (tertiary/aromatic N) is 2. The summed E-state index contributed by atoms with van der Waals surface area (Å²) in [7, 11) is 0. The van der Waals surface area contributed by atoms with Crippen molar-refractivity contribution in [1.29, 1.82) is 0 Å². The predicted molar refractivity (Wildman–Crippen MR) is 69.9 cm³/mol. The molecule has 0 bridgehead atoms. The minimum atomic E-state index is 0.680. The maximum absolute atomic E-state index is 6.14. The summed E-state index contributed by atoms with van der Waals surface area (Å²) in [6, 6.07) is 5.77. The van der Waals surface area contributed by atoms with Crippen molar-refractivity contribution >= 4 is 11.6 Å². The molecule has 0 aliphatic carbocycles. The second-order valence-corrected chi connectivity index (χ2v) is 4.19. The molecule has 3 nitrogen and oxygen atoms in total. The number of hydrogen-bond donors (Lipinski definition) is 1. The van der Waals surface area contributed by atoms with Crippen LogP contribution in [-0.2, 0) is 6.42 Å². The summed E-state index contributed by atoms with van der Waals surface area (Å²) in [5.41, 5.74) is 8.51. The van der Waals surface area contributed by atoms with Crippen molar-refractivity contribution in [3.63, 3.8) is 0 Å². The van der Waals surface area contributed by atoms with Gasteiger partial charge in [0.2, 0.25) is 0 Å². The third-order valence-corrected chi connectivity index (χ3v) is 2.86. The van der Waals surface area contributed by atoms with Crippen molar-refractivity contribution in [2.75, 3.05) is 6.54 Å². The van der Waals surface area contributed by atoms with E-state index in [-0.39, 0.29) is 0 Å². The third-order valence-electron chi connectivity index (χ3n) is 2.53. The lowest BCUT2D eigenvalue weighted by Crippen LogP contribution is -2.01. The van der Waals surface area contributed by atoms with E-state index in [1.54, 1.807) is 24.7 Å². The molecule has 2 aromatic heterocycles. The van der Waals surface area contributed by atoms with Crippen LogP contribution in [0.2, 0.25) is 5.02 Å². The standard InChI is InChI=1S/C13H14ClN3/c14-13-4-6-16-9-12(13)10-3-7-17-11(8-10)2-1-5-15/h3-4,6-9H,1-2,5,15H2. The van der Waals surface area contributed by atoms with Crippen LogP contribution in [0.25, 0.3) is 11.1 Å². The van der Waals surface area contributed by atoms with Crippen molar-refractivity contribution in [2.45, 2.75) is 12.8 Å². The second kappa shape index (κ2) is 5.75. The number of rotatable bonds is 4. The zero-order chi connectivity index (χ0) is 12.1. The van der Waals surface area contributed by atoms with Crippen LogP contribution in [-0.4, -0.2) is 16.5 Å². The Labute approximate surface area is 106 Å². The van der Waals surface area contributed by atoms with Crippen molar-refractivity contribution < 1.29 is 0 Å². The first-order valence-electron chi connectivity index (χ1n) is 5.56. The Balaban J connectivity index is 2.30. The molecule has 17 heavy (non-hydrogen) atoms. The van der Waals surface area contributed by atoms with E-state index in [0.29, 0.717) is 11.6 Å². The van der Waals surface area contributed by atoms with Gasteiger partial charge in [-0.3, -0.25) is 9.97 Å². The first kappa shape index (κ1) is 12.0. The van der Waals surface area contributed by atoms with Gasteiger partial charge in [0.1, 0.15) is 0 Å². The lowest BCUT2D eigenvalue weighted by atomic mass is 10.1. The highest BCUT2D eigenvalue weighted by Gasteiger charge is 2.04. The van der Waals surface area contributed by atoms with Gasteiger partial charge in [0.25, 0.3) is 0 Å². The molecule has 2 heterocycles. The summed E-state index contributed by atoms with van der Waals surface area (Å²) in [4.78, 5) is 8.40. The fourth-order valence-corrected chi connectivity index (χ4v) is 1.87. The van der Waals surface area contributed by atoms with Gasteiger partial charge in [0, 0.05) is 29.8 Å². The summed E-state index contributed by atoms with van der Waals surface area (Å²) in [6.07, 6.45) is 7.08. The molecule has 88 valence electrons. The highest BCUT2D eigenvalue weighted by molar-refractivity contribution is 6.33. The Hall–Kier alpha value is -1.45. The number of halogens is 1. The average molecular weight is 248 g/mol. The molecule has 0 spiro atoms. The van der Waals surface area contributed by atoms with E-state index in [0.717, 1.165) is 29.7 Å². The van der Waals surface area contributed by atoms with E-state index >= 15 is 0 Å². The number of hydrogen-bond acceptors (Lipinski definition) is 3. The fourth-order valence-electron chi connectivity index (χ4n) is 1.66. The molecule has 0 aromatic carbocycles. The Morgan fingerprint density at radius 3 is 2.88 bits per heavy atom. The van der Waals surface area contributed by atoms with Crippen molar-refractivity contribution in [3.8, 4) is 11.1 Å². The lowest BCUT2D eigenvalue weighted by molar-refractivity contribution is 0.811. The summed E-state index contributed by atoms with van der Waals surface area (Å²) >= 11 is 6.14. The number of nitrogens with two attached hydrogens (primary N) is 1. The van der Waals surface area contributed by atoms with Crippen LogP contribution in [0.3, 0.4) is 0 Å². The van der Waals surface area contributed by atoms with Gasteiger partial charge in [-0.15, -0.1) is 0 Å². The molecular formula is C13H14ClN3. The van der Waals surface area contributed by atoms with Crippen LogP contribution in [0.5, 0.6) is 0 Å². The monoisotopic (exact) mass is 247 g/mol. The van der Waals surface area contributed by atoms with Crippen LogP contribution in [0.15, 0.2) is 36.8 Å². The molecular weight excluding hydrogens is 234 g/mol. The molecule has 0 saturated carbocycles. The molecule has 0 amide bonds. The van der Waals surface area contributed by atoms with Gasteiger partial charge in [-0.2, -0.15) is 0 Å². The Morgan fingerprint density at radius 1 is 1.24 bits per heavy atom. The number of aryl methyl sites for hydroxylation is 1. The highest BCUT2D eigenvalue weighted by Crippen LogP contribution is 2.26. The van der Waals surface area contributed by atoms with Crippen LogP contribution < -0.4 is 5.73 Å². The van der Waals surface area contributed by atoms with E-state index in [9.17, 15) is 0 Å².